The summed E-state index contributed by atoms with van der Waals surface area (Å²) < 4.78 is 5.99. The first kappa shape index (κ1) is 20.0. The molecule has 2 aromatic carbocycles. The van der Waals surface area contributed by atoms with Crippen LogP contribution in [0.15, 0.2) is 59.5 Å². The van der Waals surface area contributed by atoms with Gasteiger partial charge in [-0.3, -0.25) is 14.6 Å². The first-order valence-corrected chi connectivity index (χ1v) is 11.2. The zero-order valence-electron chi connectivity index (χ0n) is 18.2. The monoisotopic (exact) mass is 444 g/mol. The summed E-state index contributed by atoms with van der Waals surface area (Å²) in [6, 6.07) is 16.3. The van der Waals surface area contributed by atoms with Crippen molar-refractivity contribution in [3.63, 3.8) is 0 Å². The molecule has 2 aliphatic heterocycles. The number of hydrogen-bond acceptors (Lipinski definition) is 6. The highest BCUT2D eigenvalue weighted by Gasteiger charge is 2.47. The second kappa shape index (κ2) is 7.45. The summed E-state index contributed by atoms with van der Waals surface area (Å²) in [5, 5.41) is 17.0. The highest BCUT2D eigenvalue weighted by atomic mass is 16.5. The van der Waals surface area contributed by atoms with Crippen molar-refractivity contribution in [2.45, 2.75) is 38.1 Å². The molecule has 1 aromatic heterocycles. The number of rotatable bonds is 1. The van der Waals surface area contributed by atoms with Gasteiger partial charge in [0.2, 0.25) is 5.43 Å². The summed E-state index contributed by atoms with van der Waals surface area (Å²) in [4.78, 5) is 28.8. The van der Waals surface area contributed by atoms with E-state index in [2.05, 4.69) is 29.4 Å². The molecule has 1 amide bonds. The molecule has 0 bridgehead atoms. The third kappa shape index (κ3) is 2.97. The van der Waals surface area contributed by atoms with Gasteiger partial charge in [0.1, 0.15) is 18.4 Å². The molecule has 6 rings (SSSR count). The average molecular weight is 444 g/mol. The van der Waals surface area contributed by atoms with Crippen LogP contribution in [0.5, 0.6) is 5.75 Å². The topological polar surface area (TPSA) is 87.9 Å². The van der Waals surface area contributed by atoms with Gasteiger partial charge in [-0.1, -0.05) is 48.5 Å². The average Bonchev–Trinajstić information content (AvgIpc) is 2.99. The molecule has 3 aromatic rings. The fourth-order valence-electron chi connectivity index (χ4n) is 5.35. The molecule has 1 saturated heterocycles. The van der Waals surface area contributed by atoms with Crippen LogP contribution < -0.4 is 10.4 Å². The first-order chi connectivity index (χ1) is 16.0. The van der Waals surface area contributed by atoms with Crippen molar-refractivity contribution < 1.29 is 14.6 Å². The molecule has 3 heterocycles. The minimum absolute atomic E-state index is 0.105. The molecule has 0 radical (unpaired) electrons. The Morgan fingerprint density at radius 1 is 1.00 bits per heavy atom. The maximum Gasteiger partial charge on any atom is 0.280 e. The summed E-state index contributed by atoms with van der Waals surface area (Å²) in [6.45, 7) is 2.56. The van der Waals surface area contributed by atoms with E-state index >= 15 is 0 Å². The fourth-order valence-corrected chi connectivity index (χ4v) is 5.35. The van der Waals surface area contributed by atoms with Gasteiger partial charge >= 0.3 is 0 Å². The number of carbonyl (C=O) groups excluding carboxylic acids is 1. The van der Waals surface area contributed by atoms with Gasteiger partial charge in [0.15, 0.2) is 11.4 Å². The molecule has 168 valence electrons. The SMILES string of the molecule is C[C@@H]1CN2C(=O)c3c(O)c(=O)cnn3N(C3c4ccccc4CCc4ccccc43)[C@@H]2CO1. The Morgan fingerprint density at radius 2 is 1.64 bits per heavy atom. The normalized spacial score (nSPS) is 22.2. The number of morpholine rings is 1. The fraction of sp³-hybridized carbons (Fsp3) is 0.320. The predicted molar refractivity (Wildman–Crippen MR) is 121 cm³/mol. The third-order valence-corrected chi connectivity index (χ3v) is 6.90. The predicted octanol–water partition coefficient (Wildman–Crippen LogP) is 1.98. The molecule has 0 spiro atoms. The van der Waals surface area contributed by atoms with E-state index in [1.165, 1.54) is 15.9 Å². The molecule has 3 aliphatic rings. The van der Waals surface area contributed by atoms with Crippen LogP contribution in [0.3, 0.4) is 0 Å². The van der Waals surface area contributed by atoms with Gasteiger partial charge in [0.25, 0.3) is 5.91 Å². The number of aryl methyl sites for hydroxylation is 2. The quantitative estimate of drug-likeness (QED) is 0.618. The molecule has 0 unspecified atom stereocenters. The second-order valence-electron chi connectivity index (χ2n) is 8.86. The Labute approximate surface area is 190 Å². The molecule has 33 heavy (non-hydrogen) atoms. The second-order valence-corrected chi connectivity index (χ2v) is 8.86. The zero-order chi connectivity index (χ0) is 22.7. The molecular weight excluding hydrogens is 420 g/mol. The zero-order valence-corrected chi connectivity index (χ0v) is 18.2. The number of benzene rings is 2. The van der Waals surface area contributed by atoms with Crippen molar-refractivity contribution in [3.8, 4) is 5.75 Å². The van der Waals surface area contributed by atoms with Gasteiger partial charge in [-0.2, -0.15) is 9.89 Å². The number of hydrogen-bond donors (Lipinski definition) is 1. The molecule has 8 heteroatoms. The van der Waals surface area contributed by atoms with Gasteiger partial charge in [0, 0.05) is 6.54 Å². The number of amides is 1. The standard InChI is InChI=1S/C25H24N4O4/c1-15-13-27-21(14-33-15)28(29-23(25(27)32)24(31)20(30)12-26-29)22-18-8-4-2-6-16(18)10-11-17-7-3-5-9-19(17)22/h2-9,12,15,21-22,31H,10-11,13-14H2,1H3/t15-,21-/m1/s1. The first-order valence-electron chi connectivity index (χ1n) is 11.2. The minimum atomic E-state index is -0.670. The smallest absolute Gasteiger partial charge is 0.280 e. The highest BCUT2D eigenvalue weighted by Crippen LogP contribution is 2.40. The van der Waals surface area contributed by atoms with Crippen molar-refractivity contribution in [1.29, 1.82) is 0 Å². The van der Waals surface area contributed by atoms with Gasteiger partial charge in [0.05, 0.1) is 12.7 Å². The number of aromatic nitrogens is 2. The lowest BCUT2D eigenvalue weighted by molar-refractivity contribution is -0.0591. The maximum absolute atomic E-state index is 13.4. The lowest BCUT2D eigenvalue weighted by Gasteiger charge is -2.51. The van der Waals surface area contributed by atoms with E-state index in [0.29, 0.717) is 13.2 Å². The lowest BCUT2D eigenvalue weighted by atomic mass is 9.93. The minimum Gasteiger partial charge on any atom is -0.502 e. The van der Waals surface area contributed by atoms with Crippen LogP contribution >= 0.6 is 0 Å². The number of carbonyl (C=O) groups is 1. The summed E-state index contributed by atoms with van der Waals surface area (Å²) in [5.41, 5.74) is 3.89. The summed E-state index contributed by atoms with van der Waals surface area (Å²) in [6.07, 6.45) is 2.26. The van der Waals surface area contributed by atoms with Crippen molar-refractivity contribution in [2.24, 2.45) is 0 Å². The van der Waals surface area contributed by atoms with Crippen molar-refractivity contribution in [1.82, 2.24) is 14.8 Å². The van der Waals surface area contributed by atoms with Gasteiger partial charge in [-0.25, -0.2) is 0 Å². The van der Waals surface area contributed by atoms with Crippen LogP contribution in [-0.2, 0) is 17.6 Å². The lowest BCUT2D eigenvalue weighted by Crippen LogP contribution is -2.67. The van der Waals surface area contributed by atoms with E-state index in [1.54, 1.807) is 4.90 Å². The van der Waals surface area contributed by atoms with Gasteiger partial charge < -0.3 is 14.7 Å². The van der Waals surface area contributed by atoms with Gasteiger partial charge in [-0.15, -0.1) is 0 Å². The number of ether oxygens (including phenoxy) is 1. The van der Waals surface area contributed by atoms with Crippen LogP contribution in [0.25, 0.3) is 0 Å². The van der Waals surface area contributed by atoms with Crippen LogP contribution in [0, 0.1) is 0 Å². The molecule has 2 atom stereocenters. The molecule has 8 nitrogen and oxygen atoms in total. The largest absolute Gasteiger partial charge is 0.502 e. The Hall–Kier alpha value is -3.65. The molecule has 1 N–H and O–H groups in total. The Bertz CT molecular complexity index is 1270. The molecule has 0 saturated carbocycles. The van der Waals surface area contributed by atoms with E-state index in [9.17, 15) is 14.7 Å². The summed E-state index contributed by atoms with van der Waals surface area (Å²) in [7, 11) is 0. The Balaban J connectivity index is 1.65. The summed E-state index contributed by atoms with van der Waals surface area (Å²) in [5.74, 6) is -0.989. The van der Waals surface area contributed by atoms with E-state index in [0.717, 1.165) is 30.2 Å². The van der Waals surface area contributed by atoms with E-state index in [1.807, 2.05) is 36.2 Å². The number of fused-ring (bicyclic) bond motifs is 4. The Kier molecular flexibility index (Phi) is 4.51. The maximum atomic E-state index is 13.4. The van der Waals surface area contributed by atoms with Crippen LogP contribution in [0.1, 0.15) is 45.7 Å². The van der Waals surface area contributed by atoms with Crippen LogP contribution in [0.4, 0.5) is 0 Å². The molecular formula is C25H24N4O4. The molecule has 1 aliphatic carbocycles. The van der Waals surface area contributed by atoms with E-state index in [-0.39, 0.29) is 17.8 Å². The van der Waals surface area contributed by atoms with E-state index < -0.39 is 23.3 Å². The van der Waals surface area contributed by atoms with Crippen molar-refractivity contribution in [2.75, 3.05) is 18.2 Å². The van der Waals surface area contributed by atoms with Crippen LogP contribution in [-0.4, -0.2) is 51.2 Å². The number of nitrogens with zero attached hydrogens (tertiary/aromatic N) is 4. The van der Waals surface area contributed by atoms with Gasteiger partial charge in [-0.05, 0) is 42.0 Å². The third-order valence-electron chi connectivity index (χ3n) is 6.90. The Morgan fingerprint density at radius 3 is 2.30 bits per heavy atom. The summed E-state index contributed by atoms with van der Waals surface area (Å²) >= 11 is 0. The molecule has 1 fully saturated rings. The van der Waals surface area contributed by atoms with Crippen molar-refractivity contribution >= 4 is 5.91 Å². The highest BCUT2D eigenvalue weighted by molar-refractivity contribution is 5.96. The number of aromatic hydroxyl groups is 1. The van der Waals surface area contributed by atoms with E-state index in [4.69, 9.17) is 4.74 Å². The van der Waals surface area contributed by atoms with Crippen LogP contribution in [0.2, 0.25) is 0 Å². The van der Waals surface area contributed by atoms with Crippen molar-refractivity contribution in [3.05, 3.63) is 92.9 Å².